The maximum absolute atomic E-state index is 13.4. The topological polar surface area (TPSA) is 55.4 Å². The molecule has 1 aliphatic carbocycles. The summed E-state index contributed by atoms with van der Waals surface area (Å²) in [5.41, 5.74) is 1.62. The number of halogens is 3. The Labute approximate surface area is 194 Å². The van der Waals surface area contributed by atoms with Crippen molar-refractivity contribution in [1.82, 2.24) is 5.32 Å². The molecule has 0 saturated carbocycles. The number of Topliss-reactive ketones (excluding diaryl/α,β-unsaturated/α-hetero) is 1. The number of rotatable bonds is 4. The van der Waals surface area contributed by atoms with Crippen LogP contribution in [0.3, 0.4) is 0 Å². The largest absolute Gasteiger partial charge is 0.460 e. The van der Waals surface area contributed by atoms with Gasteiger partial charge in [0, 0.05) is 40.1 Å². The van der Waals surface area contributed by atoms with Crippen LogP contribution in [0.5, 0.6) is 0 Å². The first-order chi connectivity index (χ1) is 15.6. The van der Waals surface area contributed by atoms with Gasteiger partial charge in [-0.1, -0.05) is 18.2 Å². The highest BCUT2D eigenvalue weighted by atomic mass is 32.1. The van der Waals surface area contributed by atoms with Gasteiger partial charge in [-0.15, -0.1) is 11.3 Å². The van der Waals surface area contributed by atoms with Gasteiger partial charge in [-0.25, -0.2) is 4.79 Å². The van der Waals surface area contributed by atoms with Gasteiger partial charge in [0.1, 0.15) is 0 Å². The summed E-state index contributed by atoms with van der Waals surface area (Å²) < 4.78 is 44.8. The SMILES string of the molecule is CC1=C(C(=O)OC(C)C)[C@H](c2ccc(C(F)(F)F)cc2)C2=C(C[C@H](c3cccs3)CC2=O)N1. The van der Waals surface area contributed by atoms with E-state index in [0.29, 0.717) is 29.0 Å². The number of ether oxygens (including phenoxy) is 1. The van der Waals surface area contributed by atoms with E-state index in [4.69, 9.17) is 4.74 Å². The van der Waals surface area contributed by atoms with Crippen LogP contribution in [0.25, 0.3) is 0 Å². The lowest BCUT2D eigenvalue weighted by Crippen LogP contribution is -2.36. The lowest BCUT2D eigenvalue weighted by Gasteiger charge is -2.36. The Kier molecular flexibility index (Phi) is 6.22. The number of esters is 1. The molecular formula is C25H24F3NO3S. The highest BCUT2D eigenvalue weighted by molar-refractivity contribution is 7.10. The maximum atomic E-state index is 13.4. The van der Waals surface area contributed by atoms with E-state index in [2.05, 4.69) is 5.32 Å². The molecule has 0 unspecified atom stereocenters. The van der Waals surface area contributed by atoms with Crippen LogP contribution in [0.1, 0.15) is 61.5 Å². The van der Waals surface area contributed by atoms with E-state index in [0.717, 1.165) is 17.0 Å². The summed E-state index contributed by atoms with van der Waals surface area (Å²) in [7, 11) is 0. The zero-order chi connectivity index (χ0) is 23.9. The van der Waals surface area contributed by atoms with Crippen molar-refractivity contribution in [3.63, 3.8) is 0 Å². The second-order valence-corrected chi connectivity index (χ2v) is 9.59. The number of thiophene rings is 1. The fourth-order valence-electron chi connectivity index (χ4n) is 4.51. The van der Waals surface area contributed by atoms with Gasteiger partial charge >= 0.3 is 12.1 Å². The summed E-state index contributed by atoms with van der Waals surface area (Å²) in [6, 6.07) is 8.60. The highest BCUT2D eigenvalue weighted by Gasteiger charge is 2.42. The van der Waals surface area contributed by atoms with Crippen molar-refractivity contribution in [1.29, 1.82) is 0 Å². The van der Waals surface area contributed by atoms with Crippen molar-refractivity contribution in [3.8, 4) is 0 Å². The van der Waals surface area contributed by atoms with Crippen LogP contribution in [-0.2, 0) is 20.5 Å². The van der Waals surface area contributed by atoms with Crippen LogP contribution < -0.4 is 5.32 Å². The number of carbonyl (C=O) groups is 2. The van der Waals surface area contributed by atoms with E-state index in [1.54, 1.807) is 32.1 Å². The number of alkyl halides is 3. The quantitative estimate of drug-likeness (QED) is 0.545. The average molecular weight is 476 g/mol. The Morgan fingerprint density at radius 2 is 1.85 bits per heavy atom. The first-order valence-electron chi connectivity index (χ1n) is 10.7. The molecule has 4 rings (SSSR count). The molecule has 0 amide bonds. The Morgan fingerprint density at radius 3 is 2.42 bits per heavy atom. The van der Waals surface area contributed by atoms with Gasteiger partial charge in [-0.3, -0.25) is 4.79 Å². The van der Waals surface area contributed by atoms with E-state index in [9.17, 15) is 22.8 Å². The van der Waals surface area contributed by atoms with E-state index < -0.39 is 23.6 Å². The second-order valence-electron chi connectivity index (χ2n) is 8.61. The predicted octanol–water partition coefficient (Wildman–Crippen LogP) is 6.08. The third-order valence-electron chi connectivity index (χ3n) is 5.91. The minimum Gasteiger partial charge on any atom is -0.460 e. The molecule has 2 aromatic rings. The molecule has 1 aliphatic heterocycles. The number of nitrogens with one attached hydrogen (secondary N) is 1. The van der Waals surface area contributed by atoms with Crippen LogP contribution >= 0.6 is 11.3 Å². The summed E-state index contributed by atoms with van der Waals surface area (Å²) in [6.45, 7) is 5.18. The summed E-state index contributed by atoms with van der Waals surface area (Å²) >= 11 is 1.59. The monoisotopic (exact) mass is 475 g/mol. The van der Waals surface area contributed by atoms with Crippen LogP contribution in [0.4, 0.5) is 13.2 Å². The Bertz CT molecular complexity index is 1130. The molecule has 0 saturated heterocycles. The predicted molar refractivity (Wildman–Crippen MR) is 120 cm³/mol. The smallest absolute Gasteiger partial charge is 0.416 e. The molecular weight excluding hydrogens is 451 g/mol. The van der Waals surface area contributed by atoms with E-state index in [1.807, 2.05) is 17.5 Å². The summed E-state index contributed by atoms with van der Waals surface area (Å²) in [4.78, 5) is 27.5. The third-order valence-corrected chi connectivity index (χ3v) is 6.94. The van der Waals surface area contributed by atoms with Crippen molar-refractivity contribution in [3.05, 3.63) is 80.3 Å². The molecule has 0 spiro atoms. The molecule has 174 valence electrons. The molecule has 1 aromatic carbocycles. The average Bonchev–Trinajstić information content (AvgIpc) is 3.26. The summed E-state index contributed by atoms with van der Waals surface area (Å²) in [5.74, 6) is -1.46. The van der Waals surface area contributed by atoms with Crippen LogP contribution in [0.2, 0.25) is 0 Å². The van der Waals surface area contributed by atoms with Crippen molar-refractivity contribution < 1.29 is 27.5 Å². The summed E-state index contributed by atoms with van der Waals surface area (Å²) in [6.07, 6.45) is -3.99. The molecule has 1 aromatic heterocycles. The summed E-state index contributed by atoms with van der Waals surface area (Å²) in [5, 5.41) is 5.21. The molecule has 1 N–H and O–H groups in total. The molecule has 8 heteroatoms. The van der Waals surface area contributed by atoms with E-state index >= 15 is 0 Å². The van der Waals surface area contributed by atoms with Gasteiger partial charge in [0.05, 0.1) is 17.2 Å². The molecule has 0 bridgehead atoms. The normalized spacial score (nSPS) is 21.2. The van der Waals surface area contributed by atoms with Crippen LogP contribution in [0.15, 0.2) is 64.3 Å². The molecule has 2 atom stereocenters. The number of allylic oxidation sites excluding steroid dienone is 3. The minimum atomic E-state index is -4.48. The Morgan fingerprint density at radius 1 is 1.15 bits per heavy atom. The Hall–Kier alpha value is -2.87. The van der Waals surface area contributed by atoms with E-state index in [-0.39, 0.29) is 29.8 Å². The lowest BCUT2D eigenvalue weighted by atomic mass is 9.72. The van der Waals surface area contributed by atoms with Crippen molar-refractivity contribution in [2.45, 2.75) is 57.7 Å². The standard InChI is InChI=1S/C25H24F3NO3S/c1-13(2)32-24(31)21-14(3)29-18-11-16(20-5-4-10-33-20)12-19(30)23(18)22(21)15-6-8-17(9-7-15)25(26,27)28/h4-10,13,16,22,29H,11-12H2,1-3H3/t16-,22-/m0/s1. The van der Waals surface area contributed by atoms with Gasteiger partial charge in [0.2, 0.25) is 0 Å². The molecule has 2 aliphatic rings. The minimum absolute atomic E-state index is 0.0222. The maximum Gasteiger partial charge on any atom is 0.416 e. The Balaban J connectivity index is 1.80. The second kappa shape index (κ2) is 8.82. The molecule has 0 radical (unpaired) electrons. The first-order valence-corrected chi connectivity index (χ1v) is 11.6. The number of hydrogen-bond acceptors (Lipinski definition) is 5. The molecule has 4 nitrogen and oxygen atoms in total. The molecule has 2 heterocycles. The highest BCUT2D eigenvalue weighted by Crippen LogP contribution is 2.46. The third kappa shape index (κ3) is 4.62. The molecule has 33 heavy (non-hydrogen) atoms. The zero-order valence-electron chi connectivity index (χ0n) is 18.5. The van der Waals surface area contributed by atoms with Crippen molar-refractivity contribution in [2.24, 2.45) is 0 Å². The zero-order valence-corrected chi connectivity index (χ0v) is 19.3. The fourth-order valence-corrected chi connectivity index (χ4v) is 5.34. The van der Waals surface area contributed by atoms with Gasteiger partial charge in [0.15, 0.2) is 5.78 Å². The van der Waals surface area contributed by atoms with Crippen LogP contribution in [-0.4, -0.2) is 17.9 Å². The van der Waals surface area contributed by atoms with Gasteiger partial charge in [-0.05, 0) is 56.3 Å². The number of hydrogen-bond donors (Lipinski definition) is 1. The number of benzene rings is 1. The van der Waals surface area contributed by atoms with E-state index in [1.165, 1.54) is 12.1 Å². The molecule has 0 fully saturated rings. The van der Waals surface area contributed by atoms with Gasteiger partial charge < -0.3 is 10.1 Å². The first kappa shape index (κ1) is 23.3. The fraction of sp³-hybridized carbons (Fsp3) is 0.360. The number of dihydropyridines is 1. The number of ketones is 1. The van der Waals surface area contributed by atoms with Crippen LogP contribution in [0, 0.1) is 0 Å². The number of carbonyl (C=O) groups excluding carboxylic acids is 2. The lowest BCUT2D eigenvalue weighted by molar-refractivity contribution is -0.143. The van der Waals surface area contributed by atoms with Gasteiger partial charge in [-0.2, -0.15) is 13.2 Å². The van der Waals surface area contributed by atoms with Gasteiger partial charge in [0.25, 0.3) is 0 Å². The van der Waals surface area contributed by atoms with Crippen molar-refractivity contribution >= 4 is 23.1 Å². The van der Waals surface area contributed by atoms with Crippen molar-refractivity contribution in [2.75, 3.05) is 0 Å².